The van der Waals surface area contributed by atoms with E-state index >= 15 is 0 Å². The van der Waals surface area contributed by atoms with E-state index in [4.69, 9.17) is 4.74 Å². The van der Waals surface area contributed by atoms with E-state index in [9.17, 15) is 9.59 Å². The molecule has 0 saturated heterocycles. The first-order valence-corrected chi connectivity index (χ1v) is 11.0. The third-order valence-electron chi connectivity index (χ3n) is 4.85. The lowest BCUT2D eigenvalue weighted by Gasteiger charge is -2.12. The fraction of sp³-hybridized carbons (Fsp3) is 0.348. The molecular formula is C23H28N4O3S. The highest BCUT2D eigenvalue weighted by Crippen LogP contribution is 2.28. The molecule has 0 fully saturated rings. The predicted octanol–water partition coefficient (Wildman–Crippen LogP) is 5.02. The van der Waals surface area contributed by atoms with Crippen molar-refractivity contribution in [2.45, 2.75) is 33.6 Å². The number of fused-ring (bicyclic) bond motifs is 1. The second kappa shape index (κ2) is 10.4. The number of thiazole rings is 1. The number of amides is 3. The number of ether oxygens (including phenoxy) is 1. The Morgan fingerprint density at radius 1 is 1.03 bits per heavy atom. The smallest absolute Gasteiger partial charge is 0.321 e. The van der Waals surface area contributed by atoms with Gasteiger partial charge in [-0.25, -0.2) is 9.78 Å². The van der Waals surface area contributed by atoms with E-state index in [0.29, 0.717) is 23.8 Å². The van der Waals surface area contributed by atoms with Gasteiger partial charge in [0.25, 0.3) is 5.91 Å². The molecule has 0 aliphatic heterocycles. The maximum atomic E-state index is 12.8. The molecule has 2 aromatic carbocycles. The van der Waals surface area contributed by atoms with Crippen LogP contribution >= 0.6 is 11.3 Å². The Balaban J connectivity index is 1.65. The summed E-state index contributed by atoms with van der Waals surface area (Å²) in [6.07, 6.45) is 1.74. The quantitative estimate of drug-likeness (QED) is 0.429. The Morgan fingerprint density at radius 2 is 1.77 bits per heavy atom. The fourth-order valence-corrected chi connectivity index (χ4v) is 4.30. The second-order valence-corrected chi connectivity index (χ2v) is 8.54. The van der Waals surface area contributed by atoms with Crippen LogP contribution in [0, 0.1) is 20.8 Å². The molecule has 7 nitrogen and oxygen atoms in total. The molecule has 164 valence electrons. The Labute approximate surface area is 186 Å². The van der Waals surface area contributed by atoms with Crippen molar-refractivity contribution < 1.29 is 14.3 Å². The largest absolute Gasteiger partial charge is 0.385 e. The van der Waals surface area contributed by atoms with Crippen LogP contribution in [0.4, 0.5) is 15.6 Å². The van der Waals surface area contributed by atoms with Gasteiger partial charge in [0.15, 0.2) is 5.13 Å². The molecule has 0 aliphatic carbocycles. The van der Waals surface area contributed by atoms with Crippen molar-refractivity contribution in [3.8, 4) is 0 Å². The Morgan fingerprint density at radius 3 is 2.48 bits per heavy atom. The summed E-state index contributed by atoms with van der Waals surface area (Å²) < 4.78 is 5.82. The lowest BCUT2D eigenvalue weighted by Crippen LogP contribution is -2.29. The molecule has 0 saturated carbocycles. The number of nitrogens with one attached hydrogen (secondary N) is 3. The van der Waals surface area contributed by atoms with Crippen LogP contribution in [-0.4, -0.2) is 37.2 Å². The van der Waals surface area contributed by atoms with Crippen LogP contribution in [-0.2, 0) is 4.74 Å². The van der Waals surface area contributed by atoms with Gasteiger partial charge in [-0.1, -0.05) is 29.0 Å². The summed E-state index contributed by atoms with van der Waals surface area (Å²) in [5.41, 5.74) is 5.35. The number of hydrogen-bond donors (Lipinski definition) is 3. The Kier molecular flexibility index (Phi) is 7.59. The molecule has 0 radical (unpaired) electrons. The monoisotopic (exact) mass is 440 g/mol. The molecular weight excluding hydrogens is 412 g/mol. The number of nitrogens with zero attached hydrogens (tertiary/aromatic N) is 1. The second-order valence-electron chi connectivity index (χ2n) is 7.51. The lowest BCUT2D eigenvalue weighted by atomic mass is 10.0. The standard InChI is InChI=1S/C23H28N4O3S/c1-14-11-15(2)20(16(3)12-14)26-21(28)17-7-8-18-19(13-17)31-23(25-18)27-22(29)24-9-5-6-10-30-4/h7-8,11-13H,5-6,9-10H2,1-4H3,(H,26,28)(H2,24,25,27,29). The minimum Gasteiger partial charge on any atom is -0.385 e. The Hall–Kier alpha value is -2.97. The number of carbonyl (C=O) groups is 2. The highest BCUT2D eigenvalue weighted by molar-refractivity contribution is 7.22. The van der Waals surface area contributed by atoms with Crippen LogP contribution in [0.25, 0.3) is 10.2 Å². The van der Waals surface area contributed by atoms with Gasteiger partial charge in [-0.05, 0) is 62.9 Å². The first-order valence-electron chi connectivity index (χ1n) is 10.2. The number of rotatable bonds is 8. The van der Waals surface area contributed by atoms with Gasteiger partial charge in [-0.3, -0.25) is 10.1 Å². The van der Waals surface area contributed by atoms with E-state index in [-0.39, 0.29) is 11.9 Å². The predicted molar refractivity (Wildman–Crippen MR) is 126 cm³/mol. The molecule has 0 bridgehead atoms. The van der Waals surface area contributed by atoms with E-state index in [0.717, 1.165) is 45.4 Å². The van der Waals surface area contributed by atoms with E-state index in [1.807, 2.05) is 20.8 Å². The van der Waals surface area contributed by atoms with Crippen LogP contribution in [0.3, 0.4) is 0 Å². The van der Waals surface area contributed by atoms with Crippen LogP contribution in [0.1, 0.15) is 39.9 Å². The fourth-order valence-electron chi connectivity index (χ4n) is 3.40. The molecule has 3 N–H and O–H groups in total. The van der Waals surface area contributed by atoms with Crippen molar-refractivity contribution >= 4 is 44.3 Å². The van der Waals surface area contributed by atoms with Gasteiger partial charge in [0.1, 0.15) is 0 Å². The van der Waals surface area contributed by atoms with Crippen molar-refractivity contribution in [1.29, 1.82) is 0 Å². The summed E-state index contributed by atoms with van der Waals surface area (Å²) in [7, 11) is 1.66. The first kappa shape index (κ1) is 22.7. The molecule has 3 aromatic rings. The molecule has 1 heterocycles. The summed E-state index contributed by atoms with van der Waals surface area (Å²) in [5.74, 6) is -0.173. The maximum absolute atomic E-state index is 12.8. The summed E-state index contributed by atoms with van der Waals surface area (Å²) >= 11 is 1.34. The summed E-state index contributed by atoms with van der Waals surface area (Å²) in [6, 6.07) is 9.15. The van der Waals surface area contributed by atoms with Crippen molar-refractivity contribution in [1.82, 2.24) is 10.3 Å². The number of aryl methyl sites for hydroxylation is 3. The van der Waals surface area contributed by atoms with Gasteiger partial charge in [-0.2, -0.15) is 0 Å². The van der Waals surface area contributed by atoms with Crippen molar-refractivity contribution in [2.75, 3.05) is 30.9 Å². The minimum absolute atomic E-state index is 0.173. The maximum Gasteiger partial charge on any atom is 0.321 e. The number of anilines is 2. The number of benzene rings is 2. The van der Waals surface area contributed by atoms with Crippen molar-refractivity contribution in [3.05, 3.63) is 52.6 Å². The van der Waals surface area contributed by atoms with Crippen LogP contribution in [0.5, 0.6) is 0 Å². The van der Waals surface area contributed by atoms with E-state index < -0.39 is 0 Å². The number of aromatic nitrogens is 1. The van der Waals surface area contributed by atoms with Crippen molar-refractivity contribution in [3.63, 3.8) is 0 Å². The van der Waals surface area contributed by atoms with E-state index in [1.54, 1.807) is 25.3 Å². The number of carbonyl (C=O) groups excluding carboxylic acids is 2. The highest BCUT2D eigenvalue weighted by atomic mass is 32.1. The molecule has 0 aliphatic rings. The normalized spacial score (nSPS) is 10.8. The van der Waals surface area contributed by atoms with Gasteiger partial charge in [-0.15, -0.1) is 0 Å². The average Bonchev–Trinajstić information content (AvgIpc) is 3.11. The SMILES string of the molecule is COCCCCNC(=O)Nc1nc2ccc(C(=O)Nc3c(C)cc(C)cc3C)cc2s1. The van der Waals surface area contributed by atoms with Gasteiger partial charge in [0.2, 0.25) is 0 Å². The van der Waals surface area contributed by atoms with Gasteiger partial charge in [0.05, 0.1) is 10.2 Å². The first-order chi connectivity index (χ1) is 14.9. The molecule has 3 amide bonds. The van der Waals surface area contributed by atoms with Gasteiger partial charge < -0.3 is 15.4 Å². The average molecular weight is 441 g/mol. The summed E-state index contributed by atoms with van der Waals surface area (Å²) in [4.78, 5) is 29.3. The number of urea groups is 1. The lowest BCUT2D eigenvalue weighted by molar-refractivity contribution is 0.102. The summed E-state index contributed by atoms with van der Waals surface area (Å²) in [6.45, 7) is 7.27. The zero-order valence-electron chi connectivity index (χ0n) is 18.3. The third kappa shape index (κ3) is 6.02. The van der Waals surface area contributed by atoms with Crippen LogP contribution in [0.15, 0.2) is 30.3 Å². The van der Waals surface area contributed by atoms with E-state index in [1.165, 1.54) is 11.3 Å². The Bertz CT molecular complexity index is 1070. The zero-order chi connectivity index (χ0) is 22.4. The number of unbranched alkanes of at least 4 members (excludes halogenated alkanes) is 1. The van der Waals surface area contributed by atoms with Gasteiger partial charge >= 0.3 is 6.03 Å². The van der Waals surface area contributed by atoms with Crippen molar-refractivity contribution in [2.24, 2.45) is 0 Å². The highest BCUT2D eigenvalue weighted by Gasteiger charge is 2.13. The number of methoxy groups -OCH3 is 1. The molecule has 31 heavy (non-hydrogen) atoms. The van der Waals surface area contributed by atoms with Crippen LogP contribution in [0.2, 0.25) is 0 Å². The summed E-state index contributed by atoms with van der Waals surface area (Å²) in [5, 5.41) is 9.07. The molecule has 3 rings (SSSR count). The molecule has 8 heteroatoms. The topological polar surface area (TPSA) is 92.3 Å². The van der Waals surface area contributed by atoms with Gasteiger partial charge in [0, 0.05) is 31.5 Å². The zero-order valence-corrected chi connectivity index (χ0v) is 19.1. The number of hydrogen-bond acceptors (Lipinski definition) is 5. The third-order valence-corrected chi connectivity index (χ3v) is 5.78. The molecule has 0 unspecified atom stereocenters. The van der Waals surface area contributed by atoms with E-state index in [2.05, 4.69) is 33.1 Å². The molecule has 0 spiro atoms. The molecule has 1 aromatic heterocycles. The minimum atomic E-state index is -0.292. The molecule has 0 atom stereocenters. The van der Waals surface area contributed by atoms with Crippen LogP contribution < -0.4 is 16.0 Å².